The van der Waals surface area contributed by atoms with Gasteiger partial charge in [0.15, 0.2) is 0 Å². The van der Waals surface area contributed by atoms with Crippen LogP contribution in [0.25, 0.3) is 0 Å². The molecule has 1 aliphatic heterocycles. The Morgan fingerprint density at radius 2 is 1.97 bits per heavy atom. The van der Waals surface area contributed by atoms with Crippen LogP contribution in [0.15, 0.2) is 42.6 Å². The van der Waals surface area contributed by atoms with E-state index in [1.165, 1.54) is 17.8 Å². The van der Waals surface area contributed by atoms with Gasteiger partial charge >= 0.3 is 12.0 Å². The molecule has 9 heteroatoms. The summed E-state index contributed by atoms with van der Waals surface area (Å²) in [5.41, 5.74) is 7.77. The molecule has 2 aliphatic rings. The normalized spacial score (nSPS) is 23.5. The number of carbonyl (C=O) groups is 2. The van der Waals surface area contributed by atoms with Gasteiger partial charge in [-0.25, -0.2) is 14.6 Å². The number of nitrogens with zero attached hydrogens (tertiary/aromatic N) is 3. The number of pyridine rings is 1. The van der Waals surface area contributed by atoms with Gasteiger partial charge in [-0.15, -0.1) is 12.4 Å². The predicted molar refractivity (Wildman–Crippen MR) is 122 cm³/mol. The lowest BCUT2D eigenvalue weighted by Crippen LogP contribution is -2.46. The fraction of sp³-hybridized carbons (Fsp3) is 0.409. The number of carboxylic acids is 1. The van der Waals surface area contributed by atoms with E-state index < -0.39 is 5.97 Å². The average molecular weight is 465 g/mol. The maximum Gasteiger partial charge on any atom is 0.354 e. The number of aromatic nitrogens is 1. The summed E-state index contributed by atoms with van der Waals surface area (Å²) in [6.07, 6.45) is 4.98. The highest BCUT2D eigenvalue weighted by atomic mass is 35.5. The molecular formula is C22H26Cl2N4O3. The molecule has 166 valence electrons. The van der Waals surface area contributed by atoms with Gasteiger partial charge < -0.3 is 15.7 Å². The third-order valence-corrected chi connectivity index (χ3v) is 6.73. The van der Waals surface area contributed by atoms with Crippen LogP contribution in [-0.2, 0) is 5.41 Å². The third kappa shape index (κ3) is 4.49. The average Bonchev–Trinajstić information content (AvgIpc) is 3.15. The minimum Gasteiger partial charge on any atom is -0.477 e. The molecule has 3 N–H and O–H groups in total. The van der Waals surface area contributed by atoms with Crippen molar-refractivity contribution < 1.29 is 14.7 Å². The third-order valence-electron chi connectivity index (χ3n) is 6.50. The fourth-order valence-electron chi connectivity index (χ4n) is 4.73. The summed E-state index contributed by atoms with van der Waals surface area (Å²) >= 11 is 6.20. The number of amides is 2. The molecule has 0 bridgehead atoms. The highest BCUT2D eigenvalue weighted by Crippen LogP contribution is 2.41. The first kappa shape index (κ1) is 23.3. The molecule has 1 saturated heterocycles. The number of hydrogen-bond donors (Lipinski definition) is 2. The largest absolute Gasteiger partial charge is 0.477 e. The van der Waals surface area contributed by atoms with Crippen molar-refractivity contribution >= 4 is 41.7 Å². The molecule has 7 nitrogen and oxygen atoms in total. The SMILES string of the molecule is Cl.NC[C@]1(c2cccc(Cl)c2)CC[C@H](N2CCN(c3ccnc(C(=O)O)c3)C2=O)CC1. The summed E-state index contributed by atoms with van der Waals surface area (Å²) < 4.78 is 0. The van der Waals surface area contributed by atoms with Gasteiger partial charge in [0.25, 0.3) is 0 Å². The first-order valence-corrected chi connectivity index (χ1v) is 10.5. The maximum absolute atomic E-state index is 13.1. The number of nitrogens with two attached hydrogens (primary N) is 1. The van der Waals surface area contributed by atoms with Gasteiger partial charge in [0, 0.05) is 48.0 Å². The van der Waals surface area contributed by atoms with Crippen LogP contribution in [0, 0.1) is 0 Å². The highest BCUT2D eigenvalue weighted by Gasteiger charge is 2.41. The van der Waals surface area contributed by atoms with Crippen molar-refractivity contribution in [1.82, 2.24) is 9.88 Å². The van der Waals surface area contributed by atoms with E-state index in [-0.39, 0.29) is 35.6 Å². The molecule has 2 fully saturated rings. The number of benzene rings is 1. The Morgan fingerprint density at radius 1 is 1.23 bits per heavy atom. The second-order valence-electron chi connectivity index (χ2n) is 8.06. The standard InChI is InChI=1S/C22H25ClN4O3.ClH/c23-16-3-1-2-15(12-16)22(14-24)7-4-17(5-8-22)26-10-11-27(21(26)30)18-6-9-25-19(13-18)20(28)29;/h1-3,6,9,12-13,17H,4-5,7-8,10-11,14,24H2,(H,28,29);1H/t17-,22-;. The summed E-state index contributed by atoms with van der Waals surface area (Å²) in [5, 5.41) is 9.88. The first-order valence-electron chi connectivity index (χ1n) is 10.2. The number of halogens is 2. The Labute approximate surface area is 192 Å². The van der Waals surface area contributed by atoms with E-state index in [1.54, 1.807) is 11.0 Å². The second-order valence-corrected chi connectivity index (χ2v) is 8.49. The summed E-state index contributed by atoms with van der Waals surface area (Å²) in [5.74, 6) is -1.10. The lowest BCUT2D eigenvalue weighted by Gasteiger charge is -2.42. The summed E-state index contributed by atoms with van der Waals surface area (Å²) in [4.78, 5) is 31.7. The molecule has 4 rings (SSSR count). The lowest BCUT2D eigenvalue weighted by atomic mass is 9.68. The minimum absolute atomic E-state index is 0. The van der Waals surface area contributed by atoms with Crippen LogP contribution in [0.1, 0.15) is 41.7 Å². The number of carboxylic acid groups (broad SMARTS) is 1. The zero-order valence-corrected chi connectivity index (χ0v) is 18.6. The van der Waals surface area contributed by atoms with Crippen molar-refractivity contribution in [1.29, 1.82) is 0 Å². The summed E-state index contributed by atoms with van der Waals surface area (Å²) in [6.45, 7) is 1.71. The monoisotopic (exact) mass is 464 g/mol. The van der Waals surface area contributed by atoms with Crippen LogP contribution in [-0.4, -0.2) is 52.7 Å². The minimum atomic E-state index is -1.10. The molecule has 2 aromatic rings. The van der Waals surface area contributed by atoms with Gasteiger partial charge in [-0.3, -0.25) is 4.90 Å². The van der Waals surface area contributed by atoms with Gasteiger partial charge in [-0.2, -0.15) is 0 Å². The van der Waals surface area contributed by atoms with E-state index in [4.69, 9.17) is 22.4 Å². The topological polar surface area (TPSA) is 99.8 Å². The number of aromatic carboxylic acids is 1. The molecule has 0 unspecified atom stereocenters. The van der Waals surface area contributed by atoms with Gasteiger partial charge in [-0.05, 0) is 55.5 Å². The van der Waals surface area contributed by atoms with Gasteiger partial charge in [0.05, 0.1) is 0 Å². The summed E-state index contributed by atoms with van der Waals surface area (Å²) in [6, 6.07) is 11.1. The smallest absolute Gasteiger partial charge is 0.354 e. The Hall–Kier alpha value is -2.35. The van der Waals surface area contributed by atoms with Crippen molar-refractivity contribution in [3.63, 3.8) is 0 Å². The molecule has 31 heavy (non-hydrogen) atoms. The Bertz CT molecular complexity index is 963. The molecule has 0 spiro atoms. The van der Waals surface area contributed by atoms with E-state index >= 15 is 0 Å². The van der Waals surface area contributed by atoms with E-state index in [2.05, 4.69) is 11.1 Å². The van der Waals surface area contributed by atoms with Crippen molar-refractivity contribution in [3.05, 3.63) is 58.9 Å². The van der Waals surface area contributed by atoms with Crippen molar-refractivity contribution in [2.75, 3.05) is 24.5 Å². The molecule has 0 atom stereocenters. The molecule has 1 saturated carbocycles. The Kier molecular flexibility index (Phi) is 7.09. The maximum atomic E-state index is 13.1. The van der Waals surface area contributed by atoms with Crippen molar-refractivity contribution in [2.45, 2.75) is 37.1 Å². The van der Waals surface area contributed by atoms with Crippen LogP contribution in [0.5, 0.6) is 0 Å². The molecule has 2 heterocycles. The van der Waals surface area contributed by atoms with E-state index in [0.29, 0.717) is 30.3 Å². The zero-order chi connectivity index (χ0) is 21.3. The second kappa shape index (κ2) is 9.42. The number of hydrogen-bond acceptors (Lipinski definition) is 4. The van der Waals surface area contributed by atoms with Crippen molar-refractivity contribution in [2.24, 2.45) is 5.73 Å². The van der Waals surface area contributed by atoms with Crippen LogP contribution < -0.4 is 10.6 Å². The van der Waals surface area contributed by atoms with Crippen molar-refractivity contribution in [3.8, 4) is 0 Å². The lowest BCUT2D eigenvalue weighted by molar-refractivity contribution is 0.0690. The fourth-order valence-corrected chi connectivity index (χ4v) is 4.92. The van der Waals surface area contributed by atoms with Crippen LogP contribution in [0.4, 0.5) is 10.5 Å². The molecule has 0 radical (unpaired) electrons. The molecule has 1 aromatic heterocycles. The Balaban J connectivity index is 0.00000272. The molecule has 1 aliphatic carbocycles. The zero-order valence-electron chi connectivity index (χ0n) is 17.0. The predicted octanol–water partition coefficient (Wildman–Crippen LogP) is 3.94. The van der Waals surface area contributed by atoms with E-state index in [1.807, 2.05) is 23.1 Å². The number of carbonyl (C=O) groups excluding carboxylic acids is 1. The van der Waals surface area contributed by atoms with Crippen LogP contribution in [0.2, 0.25) is 5.02 Å². The van der Waals surface area contributed by atoms with Crippen LogP contribution in [0.3, 0.4) is 0 Å². The quantitative estimate of drug-likeness (QED) is 0.697. The van der Waals surface area contributed by atoms with Crippen LogP contribution >= 0.6 is 24.0 Å². The molecular weight excluding hydrogens is 439 g/mol. The van der Waals surface area contributed by atoms with Gasteiger partial charge in [-0.1, -0.05) is 23.7 Å². The van der Waals surface area contributed by atoms with E-state index in [0.717, 1.165) is 25.7 Å². The van der Waals surface area contributed by atoms with Gasteiger partial charge in [0.2, 0.25) is 0 Å². The number of urea groups is 1. The number of rotatable bonds is 5. The molecule has 1 aromatic carbocycles. The van der Waals surface area contributed by atoms with Gasteiger partial charge in [0.1, 0.15) is 5.69 Å². The number of anilines is 1. The molecule has 2 amide bonds. The Morgan fingerprint density at radius 3 is 2.61 bits per heavy atom. The highest BCUT2D eigenvalue weighted by molar-refractivity contribution is 6.30. The summed E-state index contributed by atoms with van der Waals surface area (Å²) in [7, 11) is 0. The first-order chi connectivity index (χ1) is 14.4. The van der Waals surface area contributed by atoms with E-state index in [9.17, 15) is 9.59 Å².